The zero-order valence-electron chi connectivity index (χ0n) is 24.1. The Labute approximate surface area is 221 Å². The maximum Gasteiger partial charge on any atom is 0.358 e. The van der Waals surface area contributed by atoms with Crippen LogP contribution in [-0.2, 0) is 23.6 Å². The van der Waals surface area contributed by atoms with Gasteiger partial charge in [-0.15, -0.1) is 5.10 Å². The lowest BCUT2D eigenvalue weighted by molar-refractivity contribution is 0.0538. The van der Waals surface area contributed by atoms with Gasteiger partial charge < -0.3 is 14.0 Å². The van der Waals surface area contributed by atoms with E-state index in [0.717, 1.165) is 0 Å². The Hall–Kier alpha value is -4.19. The fourth-order valence-corrected chi connectivity index (χ4v) is 5.47. The average Bonchev–Trinajstić information content (AvgIpc) is 3.60. The van der Waals surface area contributed by atoms with Crippen molar-refractivity contribution >= 4 is 28.0 Å². The zero-order chi connectivity index (χ0) is 29.1. The van der Waals surface area contributed by atoms with Crippen LogP contribution in [0, 0.1) is 18.6 Å². The molecule has 1 saturated heterocycles. The van der Waals surface area contributed by atoms with Crippen molar-refractivity contribution in [2.24, 2.45) is 20.0 Å². The van der Waals surface area contributed by atoms with Gasteiger partial charge in [0.25, 0.3) is 0 Å². The van der Waals surface area contributed by atoms with Gasteiger partial charge >= 0.3 is 5.97 Å². The molecule has 11 nitrogen and oxygen atoms in total. The Bertz CT molecular complexity index is 1790. The van der Waals surface area contributed by atoms with Crippen molar-refractivity contribution in [3.63, 3.8) is 0 Å². The third-order valence-electron chi connectivity index (χ3n) is 7.15. The molecule has 38 heavy (non-hydrogen) atoms. The first-order valence-corrected chi connectivity index (χ1v) is 12.2. The summed E-state index contributed by atoms with van der Waals surface area (Å²) in [5.41, 5.74) is 2.71. The third-order valence-corrected chi connectivity index (χ3v) is 7.15. The SMILES string of the molecule is [2H]C([2H])([2H])c1nnn(C)c1-c1cnc2c3nn(C)c(C(=O)OC)c3n(C(c3ncccc3F)C3CCOCC3)c2c1. The molecule has 196 valence electrons. The highest BCUT2D eigenvalue weighted by molar-refractivity contribution is 6.11. The smallest absolute Gasteiger partial charge is 0.358 e. The van der Waals surface area contributed by atoms with E-state index in [1.54, 1.807) is 20.2 Å². The van der Waals surface area contributed by atoms with E-state index in [1.165, 1.54) is 41.0 Å². The first-order valence-electron chi connectivity index (χ1n) is 13.7. The number of pyridine rings is 2. The quantitative estimate of drug-likeness (QED) is 0.324. The van der Waals surface area contributed by atoms with Crippen LogP contribution in [0.25, 0.3) is 33.3 Å². The van der Waals surface area contributed by atoms with Gasteiger partial charge in [-0.3, -0.25) is 14.6 Å². The molecule has 6 rings (SSSR count). The number of hydrogen-bond acceptors (Lipinski definition) is 8. The molecule has 0 saturated carbocycles. The first kappa shape index (κ1) is 20.8. The Kier molecular flexibility index (Phi) is 5.09. The molecule has 5 aromatic rings. The highest BCUT2D eigenvalue weighted by atomic mass is 19.1. The summed E-state index contributed by atoms with van der Waals surface area (Å²) in [6.07, 6.45) is 4.30. The molecule has 1 aliphatic rings. The Balaban J connectivity index is 1.73. The number of hydrogen-bond donors (Lipinski definition) is 0. The second kappa shape index (κ2) is 9.28. The van der Waals surface area contributed by atoms with Crippen molar-refractivity contribution in [2.45, 2.75) is 25.7 Å². The lowest BCUT2D eigenvalue weighted by Gasteiger charge is -2.32. The predicted octanol–water partition coefficient (Wildman–Crippen LogP) is 3.36. The van der Waals surface area contributed by atoms with Crippen LogP contribution in [0.4, 0.5) is 4.39 Å². The summed E-state index contributed by atoms with van der Waals surface area (Å²) in [4.78, 5) is 22.2. The van der Waals surface area contributed by atoms with Gasteiger partial charge in [-0.25, -0.2) is 13.9 Å². The summed E-state index contributed by atoms with van der Waals surface area (Å²) in [5, 5.41) is 12.5. The summed E-state index contributed by atoms with van der Waals surface area (Å²) in [6.45, 7) is -1.55. The molecular weight excluding hydrogens is 491 g/mol. The van der Waals surface area contributed by atoms with Crippen molar-refractivity contribution in [2.75, 3.05) is 20.3 Å². The summed E-state index contributed by atoms with van der Waals surface area (Å²) in [5.74, 6) is -1.23. The van der Waals surface area contributed by atoms with Gasteiger partial charge in [0, 0.05) is 49.4 Å². The maximum atomic E-state index is 15.5. The molecule has 0 aliphatic carbocycles. The molecular formula is C26H27FN8O3. The van der Waals surface area contributed by atoms with Crippen LogP contribution in [-0.4, -0.2) is 65.6 Å². The monoisotopic (exact) mass is 521 g/mol. The number of carbonyl (C=O) groups excluding carboxylic acids is 1. The minimum absolute atomic E-state index is 0.113. The van der Waals surface area contributed by atoms with Crippen LogP contribution < -0.4 is 0 Å². The van der Waals surface area contributed by atoms with Crippen LogP contribution in [0.3, 0.4) is 0 Å². The number of ether oxygens (including phenoxy) is 2. The first-order chi connectivity index (χ1) is 19.6. The highest BCUT2D eigenvalue weighted by Gasteiger charge is 2.36. The van der Waals surface area contributed by atoms with Crippen molar-refractivity contribution in [3.8, 4) is 11.3 Å². The molecule has 6 heterocycles. The summed E-state index contributed by atoms with van der Waals surface area (Å²) in [7, 11) is 4.51. The molecule has 1 aliphatic heterocycles. The number of rotatable bonds is 5. The molecule has 0 bridgehead atoms. The minimum Gasteiger partial charge on any atom is -0.464 e. The molecule has 0 spiro atoms. The molecule has 0 N–H and O–H groups in total. The van der Waals surface area contributed by atoms with Crippen LogP contribution in [0.5, 0.6) is 0 Å². The number of methoxy groups -OCH3 is 1. The fourth-order valence-electron chi connectivity index (χ4n) is 5.47. The number of fused-ring (bicyclic) bond motifs is 3. The fraction of sp³-hybridized carbons (Fsp3) is 0.385. The molecule has 0 aromatic carbocycles. The Morgan fingerprint density at radius 1 is 1.24 bits per heavy atom. The van der Waals surface area contributed by atoms with Gasteiger partial charge in [0.1, 0.15) is 22.4 Å². The maximum absolute atomic E-state index is 15.5. The molecule has 1 atom stereocenters. The van der Waals surface area contributed by atoms with Gasteiger partial charge in [0.15, 0.2) is 5.69 Å². The molecule has 5 aromatic heterocycles. The van der Waals surface area contributed by atoms with Gasteiger partial charge in [0.2, 0.25) is 0 Å². The van der Waals surface area contributed by atoms with E-state index < -0.39 is 24.7 Å². The lowest BCUT2D eigenvalue weighted by atomic mass is 9.88. The molecule has 0 radical (unpaired) electrons. The Morgan fingerprint density at radius 2 is 2.05 bits per heavy atom. The highest BCUT2D eigenvalue weighted by Crippen LogP contribution is 2.42. The van der Waals surface area contributed by atoms with Crippen LogP contribution in [0.1, 0.15) is 44.9 Å². The average molecular weight is 522 g/mol. The van der Waals surface area contributed by atoms with Gasteiger partial charge in [-0.1, -0.05) is 5.21 Å². The van der Waals surface area contributed by atoms with Crippen molar-refractivity contribution in [1.29, 1.82) is 0 Å². The van der Waals surface area contributed by atoms with Gasteiger partial charge in [-0.05, 0) is 43.8 Å². The Morgan fingerprint density at radius 3 is 2.79 bits per heavy atom. The predicted molar refractivity (Wildman–Crippen MR) is 136 cm³/mol. The topological polar surface area (TPSA) is 115 Å². The summed E-state index contributed by atoms with van der Waals surface area (Å²) < 4.78 is 54.8. The largest absolute Gasteiger partial charge is 0.464 e. The third kappa shape index (κ3) is 3.66. The molecule has 1 unspecified atom stereocenters. The number of halogens is 1. The second-order valence-electron chi connectivity index (χ2n) is 9.30. The van der Waals surface area contributed by atoms with Crippen LogP contribution in [0.15, 0.2) is 30.6 Å². The molecule has 12 heteroatoms. The second-order valence-corrected chi connectivity index (χ2v) is 9.30. The molecule has 0 amide bonds. The molecule has 1 fully saturated rings. The number of esters is 1. The van der Waals surface area contributed by atoms with Crippen molar-refractivity contribution in [1.82, 2.24) is 39.3 Å². The number of carbonyl (C=O) groups is 1. The standard InChI is InChI=1S/C26H27FN8O3/c1-14-22(34(3)32-30-14)16-12-18-20(29-13-16)21-24(25(26(36)37-4)33(2)31-21)35(18)23(15-7-10-38-11-8-15)19-17(27)6-5-9-28-19/h5-6,9,12-13,15,23H,7-8,10-11H2,1-4H3/i1D3. The zero-order valence-corrected chi connectivity index (χ0v) is 21.1. The van der Waals surface area contributed by atoms with E-state index in [9.17, 15) is 4.79 Å². The van der Waals surface area contributed by atoms with E-state index in [4.69, 9.17) is 18.6 Å². The summed E-state index contributed by atoms with van der Waals surface area (Å²) in [6, 6.07) is 3.97. The van der Waals surface area contributed by atoms with Crippen molar-refractivity contribution < 1.29 is 22.8 Å². The number of aromatic nitrogens is 8. The van der Waals surface area contributed by atoms with Crippen LogP contribution in [0.2, 0.25) is 0 Å². The van der Waals surface area contributed by atoms with E-state index in [1.807, 2.05) is 4.57 Å². The van der Waals surface area contributed by atoms with Crippen molar-refractivity contribution in [3.05, 3.63) is 53.5 Å². The summed E-state index contributed by atoms with van der Waals surface area (Å²) >= 11 is 0. The minimum atomic E-state index is -2.52. The van der Waals surface area contributed by atoms with E-state index in [-0.39, 0.29) is 28.7 Å². The van der Waals surface area contributed by atoms with Gasteiger partial charge in [-0.2, -0.15) is 5.10 Å². The van der Waals surface area contributed by atoms with E-state index in [0.29, 0.717) is 53.7 Å². The van der Waals surface area contributed by atoms with Gasteiger partial charge in [0.05, 0.1) is 35.8 Å². The normalized spacial score (nSPS) is 16.9. The lowest BCUT2D eigenvalue weighted by Crippen LogP contribution is -2.28. The number of nitrogens with zero attached hydrogens (tertiary/aromatic N) is 8. The van der Waals surface area contributed by atoms with Crippen LogP contribution >= 0.6 is 0 Å². The number of aryl methyl sites for hydroxylation is 3. The van der Waals surface area contributed by atoms with E-state index in [2.05, 4.69) is 20.4 Å². The van der Waals surface area contributed by atoms with E-state index >= 15 is 4.39 Å².